The molecule has 3 heterocycles. The van der Waals surface area contributed by atoms with E-state index in [1.165, 1.54) is 21.4 Å². The number of thiophene rings is 1. The summed E-state index contributed by atoms with van der Waals surface area (Å²) in [6, 6.07) is 0. The largest absolute Gasteiger partial charge is 0.336 e. The van der Waals surface area contributed by atoms with Crippen molar-refractivity contribution in [3.63, 3.8) is 0 Å². The van der Waals surface area contributed by atoms with E-state index < -0.39 is 0 Å². The highest BCUT2D eigenvalue weighted by Gasteiger charge is 2.20. The number of likely N-dealkylation sites (N-methyl/N-ethyl adjacent to an activating group) is 1. The van der Waals surface area contributed by atoms with Crippen LogP contribution in [0.4, 0.5) is 0 Å². The van der Waals surface area contributed by atoms with Crippen LogP contribution in [0.5, 0.6) is 0 Å². The second-order valence-electron chi connectivity index (χ2n) is 4.17. The summed E-state index contributed by atoms with van der Waals surface area (Å²) in [5, 5.41) is 8.93. The van der Waals surface area contributed by atoms with Crippen LogP contribution in [0.1, 0.15) is 10.4 Å². The minimum Gasteiger partial charge on any atom is -0.336 e. The van der Waals surface area contributed by atoms with E-state index in [0.29, 0.717) is 5.49 Å². The molecular formula is C10H13N5S. The van der Waals surface area contributed by atoms with E-state index in [1.54, 1.807) is 11.3 Å². The lowest BCUT2D eigenvalue weighted by Gasteiger charge is -2.21. The van der Waals surface area contributed by atoms with E-state index in [0.717, 1.165) is 29.7 Å². The summed E-state index contributed by atoms with van der Waals surface area (Å²) < 4.78 is 1.29. The van der Waals surface area contributed by atoms with Crippen molar-refractivity contribution in [2.75, 3.05) is 19.4 Å². The molecule has 0 amide bonds. The van der Waals surface area contributed by atoms with Crippen LogP contribution in [0.15, 0.2) is 6.33 Å². The smallest absolute Gasteiger partial charge is 0.155 e. The third-order valence-corrected chi connectivity index (χ3v) is 4.15. The van der Waals surface area contributed by atoms with Gasteiger partial charge in [0.25, 0.3) is 0 Å². The van der Waals surface area contributed by atoms with Crippen LogP contribution in [0.2, 0.25) is 0 Å². The summed E-state index contributed by atoms with van der Waals surface area (Å²) in [6.45, 7) is 2.00. The molecule has 3 N–H and O–H groups in total. The van der Waals surface area contributed by atoms with Gasteiger partial charge in [0, 0.05) is 18.0 Å². The predicted molar refractivity (Wildman–Crippen MR) is 63.7 cm³/mol. The minimum absolute atomic E-state index is 0.368. The monoisotopic (exact) mass is 235 g/mol. The third kappa shape index (κ3) is 1.27. The fraction of sp³-hybridized carbons (Fsp3) is 0.400. The molecule has 84 valence electrons. The van der Waals surface area contributed by atoms with E-state index >= 15 is 0 Å². The summed E-state index contributed by atoms with van der Waals surface area (Å²) in [6.07, 6.45) is 2.50. The Labute approximate surface area is 96.6 Å². The Morgan fingerprint density at radius 1 is 1.56 bits per heavy atom. The number of nitrogens with one attached hydrogen (secondary N) is 1. The van der Waals surface area contributed by atoms with Gasteiger partial charge in [-0.15, -0.1) is 11.3 Å². The molecule has 5 nitrogen and oxygen atoms in total. The lowest BCUT2D eigenvalue weighted by molar-refractivity contribution is 0.318. The molecule has 0 bridgehead atoms. The number of fused-ring (bicyclic) bond motifs is 3. The lowest BCUT2D eigenvalue weighted by atomic mass is 10.1. The number of hydrogen-bond donors (Lipinski definition) is 2. The molecule has 2 aromatic rings. The Morgan fingerprint density at radius 3 is 3.19 bits per heavy atom. The van der Waals surface area contributed by atoms with Crippen molar-refractivity contribution in [3.05, 3.63) is 22.3 Å². The van der Waals surface area contributed by atoms with E-state index in [9.17, 15) is 0 Å². The average molecular weight is 235 g/mol. The van der Waals surface area contributed by atoms with Crippen LogP contribution in [-0.4, -0.2) is 28.2 Å². The van der Waals surface area contributed by atoms with Crippen LogP contribution in [-0.2, 0) is 13.0 Å². The van der Waals surface area contributed by atoms with Gasteiger partial charge < -0.3 is 10.7 Å². The number of hydrogen-bond acceptors (Lipinski definition) is 5. The van der Waals surface area contributed by atoms with Crippen LogP contribution in [0.3, 0.4) is 0 Å². The molecule has 0 saturated carbocycles. The summed E-state index contributed by atoms with van der Waals surface area (Å²) in [5.74, 6) is 5.67. The standard InChI is InChI=1S/C10H13N5S/c1-14-3-2-6-7(4-14)16-10-8(6)9(11)15(12)5-13-10/h5,11H,2-4,12H2,1H3. The van der Waals surface area contributed by atoms with Crippen molar-refractivity contribution in [1.82, 2.24) is 14.6 Å². The van der Waals surface area contributed by atoms with Gasteiger partial charge in [0.15, 0.2) is 5.49 Å². The molecular weight excluding hydrogens is 222 g/mol. The van der Waals surface area contributed by atoms with Gasteiger partial charge in [-0.2, -0.15) is 0 Å². The van der Waals surface area contributed by atoms with Gasteiger partial charge in [-0.3, -0.25) is 5.41 Å². The number of nitrogens with two attached hydrogens (primary N) is 1. The van der Waals surface area contributed by atoms with Crippen molar-refractivity contribution >= 4 is 21.6 Å². The Morgan fingerprint density at radius 2 is 2.38 bits per heavy atom. The lowest BCUT2D eigenvalue weighted by Crippen LogP contribution is -2.29. The predicted octanol–water partition coefficient (Wildman–Crippen LogP) is 0.279. The molecule has 1 aliphatic heterocycles. The third-order valence-electron chi connectivity index (χ3n) is 3.02. The highest BCUT2D eigenvalue weighted by Crippen LogP contribution is 2.31. The second kappa shape index (κ2) is 3.29. The summed E-state index contributed by atoms with van der Waals surface area (Å²) in [7, 11) is 2.12. The molecule has 3 rings (SSSR count). The Kier molecular flexibility index (Phi) is 2.02. The SMILES string of the molecule is CN1CCc2c(sc3ncn(N)c(=N)c23)C1. The first-order chi connectivity index (χ1) is 7.66. The number of rotatable bonds is 0. The fourth-order valence-corrected chi connectivity index (χ4v) is 3.42. The maximum absolute atomic E-state index is 7.99. The van der Waals surface area contributed by atoms with Gasteiger partial charge in [0.2, 0.25) is 0 Å². The van der Waals surface area contributed by atoms with Crippen LogP contribution in [0.25, 0.3) is 10.2 Å². The molecule has 0 radical (unpaired) electrons. The number of aromatic nitrogens is 2. The molecule has 6 heteroatoms. The molecule has 0 saturated heterocycles. The normalized spacial score (nSPS) is 16.6. The summed E-state index contributed by atoms with van der Waals surface area (Å²) >= 11 is 1.68. The fourth-order valence-electron chi connectivity index (χ4n) is 2.15. The first kappa shape index (κ1) is 9.80. The highest BCUT2D eigenvalue weighted by atomic mass is 32.1. The highest BCUT2D eigenvalue weighted by molar-refractivity contribution is 7.18. The molecule has 1 aliphatic rings. The van der Waals surface area contributed by atoms with Crippen molar-refractivity contribution in [3.8, 4) is 0 Å². The molecule has 0 unspecified atom stereocenters. The number of nitrogens with zero attached hydrogens (tertiary/aromatic N) is 3. The Bertz CT molecular complexity index is 611. The van der Waals surface area contributed by atoms with Crippen molar-refractivity contribution in [2.45, 2.75) is 13.0 Å². The van der Waals surface area contributed by atoms with E-state index in [1.807, 2.05) is 0 Å². The molecule has 2 aromatic heterocycles. The molecule has 0 fully saturated rings. The average Bonchev–Trinajstić information content (AvgIpc) is 2.61. The van der Waals surface area contributed by atoms with E-state index in [2.05, 4.69) is 16.9 Å². The molecule has 0 aliphatic carbocycles. The van der Waals surface area contributed by atoms with Gasteiger partial charge in [-0.05, 0) is 19.0 Å². The van der Waals surface area contributed by atoms with Crippen molar-refractivity contribution in [1.29, 1.82) is 5.41 Å². The maximum atomic E-state index is 7.99. The molecule has 16 heavy (non-hydrogen) atoms. The van der Waals surface area contributed by atoms with Crippen LogP contribution >= 0.6 is 11.3 Å². The topological polar surface area (TPSA) is 70.9 Å². The van der Waals surface area contributed by atoms with Gasteiger partial charge in [-0.1, -0.05) is 0 Å². The first-order valence-corrected chi connectivity index (χ1v) is 5.98. The Balaban J connectivity index is 2.35. The Hall–Kier alpha value is -1.40. The summed E-state index contributed by atoms with van der Waals surface area (Å²) in [5.41, 5.74) is 1.64. The van der Waals surface area contributed by atoms with Crippen molar-refractivity contribution < 1.29 is 0 Å². The summed E-state index contributed by atoms with van der Waals surface area (Å²) in [4.78, 5) is 8.85. The van der Waals surface area contributed by atoms with E-state index in [4.69, 9.17) is 11.3 Å². The molecule has 0 spiro atoms. The minimum atomic E-state index is 0.368. The zero-order chi connectivity index (χ0) is 11.3. The molecule has 0 atom stereocenters. The maximum Gasteiger partial charge on any atom is 0.155 e. The van der Waals surface area contributed by atoms with Crippen molar-refractivity contribution in [2.24, 2.45) is 0 Å². The van der Waals surface area contributed by atoms with Crippen LogP contribution < -0.4 is 11.3 Å². The van der Waals surface area contributed by atoms with Gasteiger partial charge in [0.1, 0.15) is 11.2 Å². The number of nitrogen functional groups attached to an aromatic ring is 1. The van der Waals surface area contributed by atoms with Gasteiger partial charge in [0.05, 0.1) is 5.39 Å². The van der Waals surface area contributed by atoms with Gasteiger partial charge >= 0.3 is 0 Å². The second-order valence-corrected chi connectivity index (χ2v) is 5.26. The zero-order valence-electron chi connectivity index (χ0n) is 9.03. The molecule has 0 aromatic carbocycles. The quantitative estimate of drug-likeness (QED) is 0.644. The first-order valence-electron chi connectivity index (χ1n) is 5.17. The van der Waals surface area contributed by atoms with E-state index in [-0.39, 0.29) is 0 Å². The zero-order valence-corrected chi connectivity index (χ0v) is 9.84. The van der Waals surface area contributed by atoms with Gasteiger partial charge in [-0.25, -0.2) is 9.66 Å². The van der Waals surface area contributed by atoms with Crippen LogP contribution in [0, 0.1) is 5.41 Å².